The molecule has 0 saturated heterocycles. The van der Waals surface area contributed by atoms with Gasteiger partial charge in [0.2, 0.25) is 17.6 Å². The van der Waals surface area contributed by atoms with Gasteiger partial charge in [-0.1, -0.05) is 24.3 Å². The molecule has 0 radical (unpaired) electrons. The molecule has 0 fully saturated rings. The number of fused-ring (bicyclic) bond motifs is 2. The number of carboxylic acids is 1. The molecule has 0 aliphatic heterocycles. The van der Waals surface area contributed by atoms with Crippen molar-refractivity contribution in [1.82, 2.24) is 0 Å². The molecule has 0 amide bonds. The molecule has 1 aromatic heterocycles. The fraction of sp³-hybridized carbons (Fsp3) is 0.125. The maximum absolute atomic E-state index is 13.4. The number of hydrogen-bond donors (Lipinski definition) is 1. The van der Waals surface area contributed by atoms with Crippen LogP contribution in [-0.2, 0) is 11.3 Å². The second kappa shape index (κ2) is 8.07. The van der Waals surface area contributed by atoms with Gasteiger partial charge in [0.15, 0.2) is 0 Å². The molecule has 8 heteroatoms. The number of nitrogens with zero attached hydrogens (tertiary/aromatic N) is 2. The van der Waals surface area contributed by atoms with E-state index >= 15 is 0 Å². The van der Waals surface area contributed by atoms with Crippen molar-refractivity contribution in [2.45, 2.75) is 20.4 Å². The zero-order chi connectivity index (χ0) is 23.0. The van der Waals surface area contributed by atoms with Crippen LogP contribution in [0.25, 0.3) is 21.8 Å². The average Bonchev–Trinajstić information content (AvgIpc) is 2.76. The maximum Gasteiger partial charge on any atom is 0.370 e. The van der Waals surface area contributed by atoms with Crippen molar-refractivity contribution in [3.05, 3.63) is 87.5 Å². The molecule has 1 heterocycles. The van der Waals surface area contributed by atoms with E-state index in [9.17, 15) is 24.8 Å². The van der Waals surface area contributed by atoms with Crippen LogP contribution in [-0.4, -0.2) is 22.0 Å². The molecule has 1 N–H and O–H groups in total. The van der Waals surface area contributed by atoms with Gasteiger partial charge in [-0.05, 0) is 37.6 Å². The third-order valence-corrected chi connectivity index (χ3v) is 5.39. The second-order valence-corrected chi connectivity index (χ2v) is 7.39. The first-order valence-corrected chi connectivity index (χ1v) is 9.81. The first-order chi connectivity index (χ1) is 15.3. The van der Waals surface area contributed by atoms with Gasteiger partial charge < -0.3 is 9.84 Å². The molecule has 160 valence electrons. The number of para-hydroxylation sites is 2. The Kier molecular flexibility index (Phi) is 5.28. The van der Waals surface area contributed by atoms with E-state index in [1.165, 1.54) is 19.1 Å². The molecule has 8 nitrogen and oxygen atoms in total. The van der Waals surface area contributed by atoms with Crippen LogP contribution in [0.2, 0.25) is 0 Å². The Labute approximate surface area is 182 Å². The van der Waals surface area contributed by atoms with Gasteiger partial charge in [-0.25, -0.2) is 9.59 Å². The van der Waals surface area contributed by atoms with Crippen molar-refractivity contribution in [1.29, 1.82) is 0 Å². The molecule has 0 bridgehead atoms. The number of aliphatic carboxylic acids is 1. The van der Waals surface area contributed by atoms with Crippen molar-refractivity contribution in [2.75, 3.05) is 0 Å². The molecule has 32 heavy (non-hydrogen) atoms. The summed E-state index contributed by atoms with van der Waals surface area (Å²) >= 11 is 0. The summed E-state index contributed by atoms with van der Waals surface area (Å²) in [5.74, 6) is -1.55. The summed E-state index contributed by atoms with van der Waals surface area (Å²) in [6, 6.07) is 16.9. The fourth-order valence-corrected chi connectivity index (χ4v) is 3.96. The van der Waals surface area contributed by atoms with Crippen LogP contribution in [0.4, 0.5) is 5.69 Å². The highest BCUT2D eigenvalue weighted by atomic mass is 16.6. The molecule has 3 aromatic carbocycles. The topological polar surface area (TPSA) is 111 Å². The molecule has 0 aliphatic carbocycles. The molecule has 0 atom stereocenters. The molecule has 4 aromatic rings. The SMILES string of the molecule is Cc1ccc([N+](=O)[O-])c(C)c1OC(=O)c1c2ccccc2[n+](CC(=O)O)c2ccccc12. The van der Waals surface area contributed by atoms with Gasteiger partial charge in [0.1, 0.15) is 5.75 Å². The van der Waals surface area contributed by atoms with E-state index in [1.54, 1.807) is 60.0 Å². The molecule has 0 spiro atoms. The Hall–Kier alpha value is -4.33. The van der Waals surface area contributed by atoms with Crippen molar-refractivity contribution >= 4 is 39.4 Å². The van der Waals surface area contributed by atoms with Crippen molar-refractivity contribution in [2.24, 2.45) is 0 Å². The van der Waals surface area contributed by atoms with Crippen molar-refractivity contribution in [3.63, 3.8) is 0 Å². The fourth-order valence-electron chi connectivity index (χ4n) is 3.96. The lowest BCUT2D eigenvalue weighted by Gasteiger charge is -2.13. The van der Waals surface area contributed by atoms with E-state index in [4.69, 9.17) is 4.74 Å². The van der Waals surface area contributed by atoms with Crippen LogP contribution >= 0.6 is 0 Å². The number of ether oxygens (including phenoxy) is 1. The van der Waals surface area contributed by atoms with Gasteiger partial charge in [-0.2, -0.15) is 4.57 Å². The summed E-state index contributed by atoms with van der Waals surface area (Å²) in [5.41, 5.74) is 2.10. The lowest BCUT2D eigenvalue weighted by molar-refractivity contribution is -0.633. The maximum atomic E-state index is 13.4. The van der Waals surface area contributed by atoms with Gasteiger partial charge in [0.05, 0.1) is 26.8 Å². The number of carbonyl (C=O) groups excluding carboxylic acids is 1. The number of nitro benzene ring substituents is 1. The average molecular weight is 431 g/mol. The van der Waals surface area contributed by atoms with Gasteiger partial charge in [-0.3, -0.25) is 10.1 Å². The number of carbonyl (C=O) groups is 2. The zero-order valence-electron chi connectivity index (χ0n) is 17.4. The van der Waals surface area contributed by atoms with E-state index in [2.05, 4.69) is 0 Å². The number of benzene rings is 3. The smallest absolute Gasteiger partial charge is 0.370 e. The van der Waals surface area contributed by atoms with E-state index in [-0.39, 0.29) is 29.1 Å². The highest BCUT2D eigenvalue weighted by Crippen LogP contribution is 2.33. The number of esters is 1. The van der Waals surface area contributed by atoms with Crippen molar-refractivity contribution in [3.8, 4) is 5.75 Å². The van der Waals surface area contributed by atoms with Gasteiger partial charge in [0.25, 0.3) is 5.69 Å². The van der Waals surface area contributed by atoms with E-state index < -0.39 is 16.9 Å². The summed E-state index contributed by atoms with van der Waals surface area (Å²) in [4.78, 5) is 35.8. The largest absolute Gasteiger partial charge is 0.477 e. The lowest BCUT2D eigenvalue weighted by Crippen LogP contribution is -2.40. The quantitative estimate of drug-likeness (QED) is 0.127. The van der Waals surface area contributed by atoms with E-state index in [1.807, 2.05) is 0 Å². The van der Waals surface area contributed by atoms with Gasteiger partial charge in [-0.15, -0.1) is 0 Å². The van der Waals surface area contributed by atoms with Crippen LogP contribution in [0.5, 0.6) is 5.75 Å². The third kappa shape index (κ3) is 3.51. The van der Waals surface area contributed by atoms with Crippen LogP contribution in [0.15, 0.2) is 60.7 Å². The monoisotopic (exact) mass is 431 g/mol. The van der Waals surface area contributed by atoms with E-state index in [0.717, 1.165) is 0 Å². The van der Waals surface area contributed by atoms with Crippen molar-refractivity contribution < 1.29 is 28.9 Å². The lowest BCUT2D eigenvalue weighted by atomic mass is 10.0. The van der Waals surface area contributed by atoms with Crippen LogP contribution < -0.4 is 9.30 Å². The molecule has 0 aliphatic rings. The minimum Gasteiger partial charge on any atom is -0.477 e. The molecule has 0 unspecified atom stereocenters. The number of hydrogen-bond acceptors (Lipinski definition) is 5. The highest BCUT2D eigenvalue weighted by molar-refractivity contribution is 6.13. The number of nitro groups is 1. The Bertz CT molecular complexity index is 1370. The Morgan fingerprint density at radius 2 is 1.53 bits per heavy atom. The summed E-state index contributed by atoms with van der Waals surface area (Å²) in [5, 5.41) is 21.8. The highest BCUT2D eigenvalue weighted by Gasteiger charge is 2.28. The number of pyridine rings is 1. The summed E-state index contributed by atoms with van der Waals surface area (Å²) < 4.78 is 7.35. The predicted octanol–water partition coefficient (Wildman–Crippen LogP) is 4.11. The third-order valence-electron chi connectivity index (χ3n) is 5.39. The second-order valence-electron chi connectivity index (χ2n) is 7.39. The summed E-state index contributed by atoms with van der Waals surface area (Å²) in [6.07, 6.45) is 0. The molecular formula is C24H19N2O6+. The Morgan fingerprint density at radius 3 is 2.06 bits per heavy atom. The Morgan fingerprint density at radius 1 is 0.969 bits per heavy atom. The normalized spacial score (nSPS) is 10.9. The summed E-state index contributed by atoms with van der Waals surface area (Å²) in [7, 11) is 0. The zero-order valence-corrected chi connectivity index (χ0v) is 17.4. The van der Waals surface area contributed by atoms with Crippen LogP contribution in [0.3, 0.4) is 0 Å². The first-order valence-electron chi connectivity index (χ1n) is 9.81. The minimum absolute atomic E-state index is 0.138. The van der Waals surface area contributed by atoms with Gasteiger partial charge >= 0.3 is 11.9 Å². The number of aromatic nitrogens is 1. The predicted molar refractivity (Wildman–Crippen MR) is 117 cm³/mol. The molecule has 4 rings (SSSR count). The molecular weight excluding hydrogens is 412 g/mol. The Balaban J connectivity index is 1.96. The summed E-state index contributed by atoms with van der Waals surface area (Å²) in [6.45, 7) is 2.97. The first kappa shape index (κ1) is 20.9. The van der Waals surface area contributed by atoms with Gasteiger partial charge in [0, 0.05) is 18.2 Å². The molecule has 0 saturated carbocycles. The number of rotatable bonds is 5. The minimum atomic E-state index is -1.01. The van der Waals surface area contributed by atoms with Crippen LogP contribution in [0, 0.1) is 24.0 Å². The van der Waals surface area contributed by atoms with Crippen LogP contribution in [0.1, 0.15) is 21.5 Å². The van der Waals surface area contributed by atoms with E-state index in [0.29, 0.717) is 27.4 Å². The number of carboxylic acid groups (broad SMARTS) is 1. The standard InChI is InChI=1S/C24H18N2O6/c1-14-11-12-18(26(30)31)15(2)23(14)32-24(29)22-16-7-3-5-9-19(16)25(13-21(27)28)20-10-6-4-8-17(20)22/h3-12H,13H2,1-2H3/p+1. The number of aryl methyl sites for hydroxylation is 1.